The van der Waals surface area contributed by atoms with E-state index in [1.165, 1.54) is 11.1 Å². The molecule has 0 spiro atoms. The highest BCUT2D eigenvalue weighted by atomic mass is 16.7. The molecule has 0 amide bonds. The molecule has 1 aliphatic rings. The van der Waals surface area contributed by atoms with Crippen LogP contribution >= 0.6 is 0 Å². The Balaban J connectivity index is 1.60. The zero-order valence-corrected chi connectivity index (χ0v) is 12.5. The van der Waals surface area contributed by atoms with Crippen molar-refractivity contribution < 1.29 is 9.47 Å². The minimum Gasteiger partial charge on any atom is -0.347 e. The van der Waals surface area contributed by atoms with Crippen LogP contribution in [0.5, 0.6) is 0 Å². The fraction of sp³-hybridized carbons (Fsp3) is 0.471. The largest absolute Gasteiger partial charge is 0.347 e. The Kier molecular flexibility index (Phi) is 4.36. The lowest BCUT2D eigenvalue weighted by Crippen LogP contribution is -2.33. The van der Waals surface area contributed by atoms with Gasteiger partial charge in [0.05, 0.1) is 19.5 Å². The third-order valence-corrected chi connectivity index (χ3v) is 3.94. The Morgan fingerprint density at radius 1 is 1.19 bits per heavy atom. The molecule has 0 unspecified atom stereocenters. The molecule has 21 heavy (non-hydrogen) atoms. The summed E-state index contributed by atoms with van der Waals surface area (Å²) in [4.78, 5) is 4.07. The standard InChI is InChI=1S/C17H22N2O2/c1-15-3-5-16(6-4-15)13-17(20-11-12-21-17)7-2-9-19-10-8-18-14-19/h3-6,8,10,14H,2,7,9,11-13H2,1H3. The molecule has 1 saturated heterocycles. The number of nitrogens with zero attached hydrogens (tertiary/aromatic N) is 2. The molecule has 4 nitrogen and oxygen atoms in total. The van der Waals surface area contributed by atoms with Crippen molar-refractivity contribution in [3.8, 4) is 0 Å². The summed E-state index contributed by atoms with van der Waals surface area (Å²) in [7, 11) is 0. The van der Waals surface area contributed by atoms with Crippen molar-refractivity contribution in [3.63, 3.8) is 0 Å². The van der Waals surface area contributed by atoms with Crippen molar-refractivity contribution in [1.82, 2.24) is 9.55 Å². The van der Waals surface area contributed by atoms with Crippen molar-refractivity contribution in [3.05, 3.63) is 54.1 Å². The highest BCUT2D eigenvalue weighted by Crippen LogP contribution is 2.29. The highest BCUT2D eigenvalue weighted by molar-refractivity contribution is 5.22. The summed E-state index contributed by atoms with van der Waals surface area (Å²) >= 11 is 0. The van der Waals surface area contributed by atoms with Crippen LogP contribution in [0.15, 0.2) is 43.0 Å². The first-order valence-corrected chi connectivity index (χ1v) is 7.55. The maximum atomic E-state index is 5.95. The Hall–Kier alpha value is -1.65. The molecule has 1 aliphatic heterocycles. The van der Waals surface area contributed by atoms with Gasteiger partial charge in [-0.2, -0.15) is 0 Å². The Morgan fingerprint density at radius 3 is 2.62 bits per heavy atom. The number of hydrogen-bond acceptors (Lipinski definition) is 3. The van der Waals surface area contributed by atoms with Crippen LogP contribution < -0.4 is 0 Å². The van der Waals surface area contributed by atoms with E-state index in [-0.39, 0.29) is 0 Å². The first-order chi connectivity index (χ1) is 10.3. The molecule has 0 bridgehead atoms. The van der Waals surface area contributed by atoms with E-state index in [2.05, 4.69) is 40.7 Å². The van der Waals surface area contributed by atoms with E-state index < -0.39 is 5.79 Å². The maximum Gasteiger partial charge on any atom is 0.172 e. The van der Waals surface area contributed by atoms with Gasteiger partial charge in [-0.05, 0) is 18.9 Å². The maximum absolute atomic E-state index is 5.95. The summed E-state index contributed by atoms with van der Waals surface area (Å²) in [5.74, 6) is -0.449. The molecule has 0 N–H and O–H groups in total. The molecule has 0 atom stereocenters. The van der Waals surface area contributed by atoms with E-state index >= 15 is 0 Å². The van der Waals surface area contributed by atoms with Crippen LogP contribution in [0, 0.1) is 6.92 Å². The first kappa shape index (κ1) is 14.3. The summed E-state index contributed by atoms with van der Waals surface area (Å²) in [5, 5.41) is 0. The second-order valence-corrected chi connectivity index (χ2v) is 5.67. The molecular weight excluding hydrogens is 264 g/mol. The summed E-state index contributed by atoms with van der Waals surface area (Å²) < 4.78 is 14.0. The average Bonchev–Trinajstić information content (AvgIpc) is 3.14. The monoisotopic (exact) mass is 286 g/mol. The molecule has 112 valence electrons. The summed E-state index contributed by atoms with van der Waals surface area (Å²) in [6.45, 7) is 4.43. The number of benzene rings is 1. The van der Waals surface area contributed by atoms with E-state index in [9.17, 15) is 0 Å². The second-order valence-electron chi connectivity index (χ2n) is 5.67. The van der Waals surface area contributed by atoms with Crippen LogP contribution in [0.25, 0.3) is 0 Å². The molecule has 1 aromatic heterocycles. The Morgan fingerprint density at radius 2 is 1.95 bits per heavy atom. The van der Waals surface area contributed by atoms with Crippen molar-refractivity contribution in [2.24, 2.45) is 0 Å². The van der Waals surface area contributed by atoms with Gasteiger partial charge in [-0.15, -0.1) is 0 Å². The second kappa shape index (κ2) is 6.41. The fourth-order valence-corrected chi connectivity index (χ4v) is 2.80. The van der Waals surface area contributed by atoms with Gasteiger partial charge in [0.25, 0.3) is 0 Å². The van der Waals surface area contributed by atoms with Gasteiger partial charge >= 0.3 is 0 Å². The molecule has 0 saturated carbocycles. The molecule has 2 aromatic rings. The van der Waals surface area contributed by atoms with E-state index in [1.54, 1.807) is 0 Å². The smallest absolute Gasteiger partial charge is 0.172 e. The van der Waals surface area contributed by atoms with Gasteiger partial charge in [0.2, 0.25) is 0 Å². The van der Waals surface area contributed by atoms with Crippen LogP contribution in [-0.4, -0.2) is 28.6 Å². The zero-order valence-electron chi connectivity index (χ0n) is 12.5. The van der Waals surface area contributed by atoms with E-state index in [0.29, 0.717) is 13.2 Å². The van der Waals surface area contributed by atoms with E-state index in [4.69, 9.17) is 9.47 Å². The molecule has 4 heteroatoms. The molecule has 0 aliphatic carbocycles. The number of ether oxygens (including phenoxy) is 2. The van der Waals surface area contributed by atoms with Crippen LogP contribution in [-0.2, 0) is 22.4 Å². The lowest BCUT2D eigenvalue weighted by Gasteiger charge is -2.27. The SMILES string of the molecule is Cc1ccc(CC2(CCCn3ccnc3)OCCO2)cc1. The highest BCUT2D eigenvalue weighted by Gasteiger charge is 2.36. The number of aryl methyl sites for hydroxylation is 2. The van der Waals surface area contributed by atoms with Gasteiger partial charge in [-0.3, -0.25) is 0 Å². The van der Waals surface area contributed by atoms with Gasteiger partial charge in [0, 0.05) is 31.8 Å². The van der Waals surface area contributed by atoms with Crippen molar-refractivity contribution in [2.45, 2.75) is 38.5 Å². The Bertz CT molecular complexity index is 543. The van der Waals surface area contributed by atoms with E-state index in [1.807, 2.05) is 18.7 Å². The number of imidazole rings is 1. The predicted molar refractivity (Wildman–Crippen MR) is 81.0 cm³/mol. The number of rotatable bonds is 6. The van der Waals surface area contributed by atoms with Gasteiger partial charge in [0.15, 0.2) is 5.79 Å². The number of aromatic nitrogens is 2. The summed E-state index contributed by atoms with van der Waals surface area (Å²) in [5.41, 5.74) is 2.55. The molecular formula is C17H22N2O2. The minimum atomic E-state index is -0.449. The van der Waals surface area contributed by atoms with Crippen LogP contribution in [0.1, 0.15) is 24.0 Å². The zero-order chi connectivity index (χ0) is 14.5. The van der Waals surface area contributed by atoms with Crippen molar-refractivity contribution >= 4 is 0 Å². The summed E-state index contributed by atoms with van der Waals surface area (Å²) in [6, 6.07) is 8.61. The third-order valence-electron chi connectivity index (χ3n) is 3.94. The van der Waals surface area contributed by atoms with Gasteiger partial charge < -0.3 is 14.0 Å². The molecule has 1 aromatic carbocycles. The van der Waals surface area contributed by atoms with Crippen LogP contribution in [0.3, 0.4) is 0 Å². The normalized spacial score (nSPS) is 17.2. The fourth-order valence-electron chi connectivity index (χ4n) is 2.80. The topological polar surface area (TPSA) is 36.3 Å². The minimum absolute atomic E-state index is 0.449. The predicted octanol–water partition coefficient (Wildman–Crippen LogP) is 2.96. The van der Waals surface area contributed by atoms with Gasteiger partial charge in [-0.25, -0.2) is 4.98 Å². The van der Waals surface area contributed by atoms with Gasteiger partial charge in [-0.1, -0.05) is 29.8 Å². The van der Waals surface area contributed by atoms with Crippen LogP contribution in [0.4, 0.5) is 0 Å². The average molecular weight is 286 g/mol. The van der Waals surface area contributed by atoms with E-state index in [0.717, 1.165) is 25.8 Å². The van der Waals surface area contributed by atoms with Crippen LogP contribution in [0.2, 0.25) is 0 Å². The lowest BCUT2D eigenvalue weighted by molar-refractivity contribution is -0.162. The first-order valence-electron chi connectivity index (χ1n) is 7.55. The summed E-state index contributed by atoms with van der Waals surface area (Å²) in [6.07, 6.45) is 8.38. The molecule has 1 fully saturated rings. The lowest BCUT2D eigenvalue weighted by atomic mass is 9.99. The third kappa shape index (κ3) is 3.71. The van der Waals surface area contributed by atoms with Crippen molar-refractivity contribution in [2.75, 3.05) is 13.2 Å². The van der Waals surface area contributed by atoms with Gasteiger partial charge in [0.1, 0.15) is 0 Å². The van der Waals surface area contributed by atoms with Crippen molar-refractivity contribution in [1.29, 1.82) is 0 Å². The molecule has 0 radical (unpaired) electrons. The quantitative estimate of drug-likeness (QED) is 0.819. The molecule has 3 rings (SSSR count). The number of hydrogen-bond donors (Lipinski definition) is 0. The Labute approximate surface area is 125 Å². The molecule has 2 heterocycles.